The van der Waals surface area contributed by atoms with Crippen LogP contribution in [0.5, 0.6) is 0 Å². The smallest absolute Gasteiger partial charge is 0.280 e. The van der Waals surface area contributed by atoms with E-state index in [0.717, 1.165) is 24.5 Å². The fraction of sp³-hybridized carbons (Fsp3) is 0.391. The standard InChI is InChI=1S/C23H28ClF2N5O2/c1-23(9-2-10-33-23)13-29-22(31-21(32)15-5-8-17(24)18(26)11-15)30-20(28)12-19(27)14-3-6-16(25)7-4-14/h3-8,11,19-20H,2,9-10,12-13,27-28H2,1H3,(H2,29,30,31,32). The monoisotopic (exact) mass is 479 g/mol. The average Bonchev–Trinajstić information content (AvgIpc) is 3.21. The maximum atomic E-state index is 13.8. The topological polar surface area (TPSA) is 115 Å². The molecule has 0 bridgehead atoms. The van der Waals surface area contributed by atoms with Crippen molar-refractivity contribution >= 4 is 23.5 Å². The van der Waals surface area contributed by atoms with Crippen LogP contribution in [0.15, 0.2) is 47.5 Å². The third-order valence-electron chi connectivity index (χ3n) is 5.44. The summed E-state index contributed by atoms with van der Waals surface area (Å²) >= 11 is 5.70. The molecule has 2 aromatic carbocycles. The van der Waals surface area contributed by atoms with Crippen LogP contribution in [0.25, 0.3) is 0 Å². The third-order valence-corrected chi connectivity index (χ3v) is 5.74. The molecule has 178 valence electrons. The number of hydrogen-bond acceptors (Lipinski definition) is 4. The second-order valence-corrected chi connectivity index (χ2v) is 8.70. The van der Waals surface area contributed by atoms with Crippen LogP contribution in [-0.2, 0) is 4.74 Å². The van der Waals surface area contributed by atoms with Crippen molar-refractivity contribution in [2.45, 2.75) is 44.0 Å². The molecule has 1 fully saturated rings. The summed E-state index contributed by atoms with van der Waals surface area (Å²) in [5.41, 5.74) is 12.8. The van der Waals surface area contributed by atoms with E-state index in [-0.39, 0.29) is 28.8 Å². The van der Waals surface area contributed by atoms with Crippen molar-refractivity contribution in [3.05, 3.63) is 70.2 Å². The molecule has 0 spiro atoms. The average molecular weight is 480 g/mol. The van der Waals surface area contributed by atoms with Gasteiger partial charge in [0.15, 0.2) is 0 Å². The number of aliphatic imine (C=N–C) groups is 1. The molecule has 3 rings (SSSR count). The van der Waals surface area contributed by atoms with E-state index in [1.165, 1.54) is 24.3 Å². The highest BCUT2D eigenvalue weighted by molar-refractivity contribution is 6.30. The normalized spacial score (nSPS) is 20.4. The highest BCUT2D eigenvalue weighted by Crippen LogP contribution is 2.24. The van der Waals surface area contributed by atoms with Gasteiger partial charge in [0, 0.05) is 24.8 Å². The minimum atomic E-state index is -0.714. The van der Waals surface area contributed by atoms with Gasteiger partial charge in [0.2, 0.25) is 5.96 Å². The number of amides is 1. The number of nitrogens with two attached hydrogens (primary N) is 2. The van der Waals surface area contributed by atoms with Crippen LogP contribution in [0.3, 0.4) is 0 Å². The Labute approximate surface area is 196 Å². The molecule has 10 heteroatoms. The highest BCUT2D eigenvalue weighted by Gasteiger charge is 2.30. The molecule has 0 saturated carbocycles. The number of rotatable bonds is 7. The van der Waals surface area contributed by atoms with Crippen LogP contribution in [0, 0.1) is 11.6 Å². The molecular formula is C23H28ClF2N5O2. The Hall–Kier alpha value is -2.59. The van der Waals surface area contributed by atoms with Gasteiger partial charge >= 0.3 is 0 Å². The lowest BCUT2D eigenvalue weighted by atomic mass is 10.0. The van der Waals surface area contributed by atoms with Gasteiger partial charge in [-0.15, -0.1) is 0 Å². The van der Waals surface area contributed by atoms with E-state index in [9.17, 15) is 13.6 Å². The molecular weight excluding hydrogens is 452 g/mol. The number of carbonyl (C=O) groups is 1. The first-order valence-corrected chi connectivity index (χ1v) is 11.0. The minimum absolute atomic E-state index is 0.0397. The summed E-state index contributed by atoms with van der Waals surface area (Å²) < 4.78 is 32.7. The molecule has 3 unspecified atom stereocenters. The number of ether oxygens (including phenoxy) is 1. The maximum absolute atomic E-state index is 13.8. The predicted molar refractivity (Wildman–Crippen MR) is 124 cm³/mol. The summed E-state index contributed by atoms with van der Waals surface area (Å²) in [7, 11) is 0. The van der Waals surface area contributed by atoms with E-state index in [1.54, 1.807) is 12.1 Å². The zero-order valence-electron chi connectivity index (χ0n) is 18.3. The lowest BCUT2D eigenvalue weighted by Crippen LogP contribution is -2.52. The molecule has 1 heterocycles. The Morgan fingerprint density at radius 2 is 1.97 bits per heavy atom. The molecule has 0 aliphatic carbocycles. The van der Waals surface area contributed by atoms with Gasteiger partial charge in [0.25, 0.3) is 5.91 Å². The number of carbonyl (C=O) groups excluding carboxylic acids is 1. The number of benzene rings is 2. The number of halogens is 3. The third kappa shape index (κ3) is 7.20. The molecule has 0 radical (unpaired) electrons. The fourth-order valence-electron chi connectivity index (χ4n) is 3.52. The summed E-state index contributed by atoms with van der Waals surface area (Å²) in [5, 5.41) is 5.96. The number of nitrogens with zero attached hydrogens (tertiary/aromatic N) is 1. The van der Waals surface area contributed by atoms with Crippen molar-refractivity contribution in [2.75, 3.05) is 13.2 Å². The van der Waals surface area contributed by atoms with Crippen molar-refractivity contribution in [3.8, 4) is 0 Å². The van der Waals surface area contributed by atoms with Gasteiger partial charge in [0.1, 0.15) is 11.6 Å². The molecule has 3 atom stereocenters. The van der Waals surface area contributed by atoms with Gasteiger partial charge in [0.05, 0.1) is 16.8 Å². The Kier molecular flexibility index (Phi) is 8.36. The summed E-state index contributed by atoms with van der Waals surface area (Å²) in [4.78, 5) is 16.7. The Morgan fingerprint density at radius 1 is 1.24 bits per heavy atom. The summed E-state index contributed by atoms with van der Waals surface area (Å²) in [6.07, 6.45) is 1.39. The van der Waals surface area contributed by atoms with Gasteiger partial charge in [-0.05, 0) is 62.1 Å². The zero-order valence-corrected chi connectivity index (χ0v) is 19.0. The molecule has 1 saturated heterocycles. The van der Waals surface area contributed by atoms with Crippen LogP contribution < -0.4 is 22.1 Å². The lowest BCUT2D eigenvalue weighted by molar-refractivity contribution is 0.0242. The van der Waals surface area contributed by atoms with Gasteiger partial charge in [-0.3, -0.25) is 4.79 Å². The van der Waals surface area contributed by atoms with Crippen LogP contribution >= 0.6 is 11.6 Å². The Bertz CT molecular complexity index is 997. The predicted octanol–water partition coefficient (Wildman–Crippen LogP) is 3.24. The first-order valence-electron chi connectivity index (χ1n) is 10.6. The van der Waals surface area contributed by atoms with E-state index in [0.29, 0.717) is 13.2 Å². The summed E-state index contributed by atoms with van der Waals surface area (Å²) in [5.74, 6) is -1.63. The van der Waals surface area contributed by atoms with E-state index < -0.39 is 29.5 Å². The lowest BCUT2D eigenvalue weighted by Gasteiger charge is -2.26. The first-order chi connectivity index (χ1) is 15.6. The Balaban J connectivity index is 1.72. The van der Waals surface area contributed by atoms with Crippen LogP contribution in [-0.4, -0.2) is 36.8 Å². The Morgan fingerprint density at radius 3 is 2.61 bits per heavy atom. The molecule has 33 heavy (non-hydrogen) atoms. The van der Waals surface area contributed by atoms with Crippen LogP contribution in [0.4, 0.5) is 8.78 Å². The van der Waals surface area contributed by atoms with E-state index in [1.807, 2.05) is 6.92 Å². The second kappa shape index (κ2) is 11.0. The quantitative estimate of drug-likeness (QED) is 0.275. The van der Waals surface area contributed by atoms with Gasteiger partial charge in [-0.25, -0.2) is 8.78 Å². The maximum Gasteiger partial charge on any atom is 0.280 e. The van der Waals surface area contributed by atoms with Crippen molar-refractivity contribution in [1.29, 1.82) is 0 Å². The number of nitrogens with one attached hydrogen (secondary N) is 2. The molecule has 0 aromatic heterocycles. The second-order valence-electron chi connectivity index (χ2n) is 8.29. The fourth-order valence-corrected chi connectivity index (χ4v) is 3.64. The van der Waals surface area contributed by atoms with E-state index in [4.69, 9.17) is 27.8 Å². The SMILES string of the molecule is CC1(CN/C(=N/C(=O)c2ccc(Cl)c(F)c2)NC(N)CC(N)c2ccc(F)cc2)CCCO1. The van der Waals surface area contributed by atoms with Crippen molar-refractivity contribution in [3.63, 3.8) is 0 Å². The van der Waals surface area contributed by atoms with E-state index >= 15 is 0 Å². The molecule has 7 nitrogen and oxygen atoms in total. The van der Waals surface area contributed by atoms with Crippen molar-refractivity contribution in [2.24, 2.45) is 16.5 Å². The van der Waals surface area contributed by atoms with Crippen LogP contribution in [0.2, 0.25) is 5.02 Å². The zero-order chi connectivity index (χ0) is 24.0. The highest BCUT2D eigenvalue weighted by atomic mass is 35.5. The molecule has 1 aliphatic rings. The minimum Gasteiger partial charge on any atom is -0.373 e. The number of guanidine groups is 1. The summed E-state index contributed by atoms with van der Waals surface area (Å²) in [6, 6.07) is 9.09. The van der Waals surface area contributed by atoms with E-state index in [2.05, 4.69) is 15.6 Å². The molecule has 1 amide bonds. The molecule has 1 aliphatic heterocycles. The molecule has 6 N–H and O–H groups in total. The first kappa shape index (κ1) is 25.0. The molecule has 2 aromatic rings. The summed E-state index contributed by atoms with van der Waals surface area (Å²) in [6.45, 7) is 3.01. The van der Waals surface area contributed by atoms with Crippen molar-refractivity contribution in [1.82, 2.24) is 10.6 Å². The van der Waals surface area contributed by atoms with Gasteiger partial charge in [-0.2, -0.15) is 4.99 Å². The van der Waals surface area contributed by atoms with Gasteiger partial charge < -0.3 is 26.8 Å². The number of hydrogen-bond donors (Lipinski definition) is 4. The van der Waals surface area contributed by atoms with Gasteiger partial charge in [-0.1, -0.05) is 23.7 Å². The largest absolute Gasteiger partial charge is 0.373 e. The van der Waals surface area contributed by atoms with Crippen LogP contribution in [0.1, 0.15) is 48.1 Å². The van der Waals surface area contributed by atoms with Crippen molar-refractivity contribution < 1.29 is 18.3 Å².